The molecule has 152 valence electrons. The molecule has 3 rings (SSSR count). The summed E-state index contributed by atoms with van der Waals surface area (Å²) in [6.45, 7) is 4.63. The average molecular weight is 423 g/mol. The first-order valence-corrected chi connectivity index (χ1v) is 12.1. The van der Waals surface area contributed by atoms with E-state index in [2.05, 4.69) is 10.2 Å². The summed E-state index contributed by atoms with van der Waals surface area (Å²) < 4.78 is 25.6. The minimum atomic E-state index is -3.04. The van der Waals surface area contributed by atoms with Crippen molar-refractivity contribution in [3.05, 3.63) is 30.3 Å². The van der Waals surface area contributed by atoms with Crippen molar-refractivity contribution in [3.8, 4) is 11.4 Å². The minimum absolute atomic E-state index is 0.0509. The van der Waals surface area contributed by atoms with E-state index < -0.39 is 9.84 Å². The largest absolute Gasteiger partial charge is 0.338 e. The third-order valence-electron chi connectivity index (χ3n) is 4.72. The summed E-state index contributed by atoms with van der Waals surface area (Å²) in [4.78, 5) is 14.6. The van der Waals surface area contributed by atoms with Gasteiger partial charge < -0.3 is 9.47 Å². The molecule has 1 aromatic heterocycles. The maximum atomic E-state index is 12.9. The number of carbonyl (C=O) groups is 1. The maximum Gasteiger partial charge on any atom is 0.233 e. The Morgan fingerprint density at radius 1 is 1.29 bits per heavy atom. The lowest BCUT2D eigenvalue weighted by Gasteiger charge is -2.29. The normalized spacial score (nSPS) is 18.5. The number of benzene rings is 1. The molecule has 1 aromatic carbocycles. The Morgan fingerprint density at radius 3 is 2.61 bits per heavy atom. The van der Waals surface area contributed by atoms with E-state index in [0.29, 0.717) is 18.1 Å². The first-order chi connectivity index (χ1) is 13.3. The van der Waals surface area contributed by atoms with Crippen LogP contribution in [0.25, 0.3) is 11.4 Å². The van der Waals surface area contributed by atoms with Crippen molar-refractivity contribution in [3.63, 3.8) is 0 Å². The molecule has 7 nitrogen and oxygen atoms in total. The summed E-state index contributed by atoms with van der Waals surface area (Å²) in [5.74, 6) is 1.41. The van der Waals surface area contributed by atoms with Crippen LogP contribution in [0.5, 0.6) is 0 Å². The molecule has 1 aliphatic rings. The van der Waals surface area contributed by atoms with E-state index in [4.69, 9.17) is 0 Å². The smallest absolute Gasteiger partial charge is 0.233 e. The molecule has 0 N–H and O–H groups in total. The molecule has 2 heterocycles. The number of thioether (sulfide) groups is 1. The summed E-state index contributed by atoms with van der Waals surface area (Å²) in [7, 11) is -1.16. The van der Waals surface area contributed by atoms with Crippen LogP contribution in [0.4, 0.5) is 0 Å². The van der Waals surface area contributed by atoms with Crippen molar-refractivity contribution in [2.75, 3.05) is 23.8 Å². The van der Waals surface area contributed by atoms with Crippen molar-refractivity contribution < 1.29 is 13.2 Å². The minimum Gasteiger partial charge on any atom is -0.338 e. The lowest BCUT2D eigenvalue weighted by Crippen LogP contribution is -2.44. The summed E-state index contributed by atoms with van der Waals surface area (Å²) >= 11 is 1.33. The number of nitrogens with zero attached hydrogens (tertiary/aromatic N) is 4. The number of hydrogen-bond donors (Lipinski definition) is 0. The Labute approximate surface area is 170 Å². The number of carbonyl (C=O) groups excluding carboxylic acids is 1. The van der Waals surface area contributed by atoms with Gasteiger partial charge in [0.05, 0.1) is 17.3 Å². The SMILES string of the molecule is CC(C)CN(C(=O)CSc1nnc(-c2ccccc2)n1C)C1CCS(=O)(=O)C1. The van der Waals surface area contributed by atoms with Gasteiger partial charge in [-0.15, -0.1) is 10.2 Å². The molecule has 28 heavy (non-hydrogen) atoms. The van der Waals surface area contributed by atoms with Crippen LogP contribution in [-0.2, 0) is 21.7 Å². The van der Waals surface area contributed by atoms with Gasteiger partial charge in [-0.25, -0.2) is 8.42 Å². The number of hydrogen-bond acceptors (Lipinski definition) is 6. The fraction of sp³-hybridized carbons (Fsp3) is 0.526. The van der Waals surface area contributed by atoms with Gasteiger partial charge in [0.1, 0.15) is 0 Å². The van der Waals surface area contributed by atoms with Crippen molar-refractivity contribution >= 4 is 27.5 Å². The molecule has 1 unspecified atom stereocenters. The van der Waals surface area contributed by atoms with E-state index in [-0.39, 0.29) is 35.1 Å². The Bertz CT molecular complexity index is 926. The predicted octanol–water partition coefficient (Wildman–Crippen LogP) is 2.25. The Morgan fingerprint density at radius 2 is 2.00 bits per heavy atom. The van der Waals surface area contributed by atoms with Gasteiger partial charge in [-0.1, -0.05) is 55.9 Å². The number of amides is 1. The third-order valence-corrected chi connectivity index (χ3v) is 7.48. The topological polar surface area (TPSA) is 85.2 Å². The standard InChI is InChI=1S/C19H26N4O3S2/c1-14(2)11-23(16-9-10-28(25,26)13-16)17(24)12-27-19-21-20-18(22(19)3)15-7-5-4-6-8-15/h4-8,14,16H,9-13H2,1-3H3. The molecule has 0 bridgehead atoms. The molecule has 0 saturated carbocycles. The van der Waals surface area contributed by atoms with Crippen molar-refractivity contribution in [1.29, 1.82) is 0 Å². The van der Waals surface area contributed by atoms with Crippen LogP contribution in [-0.4, -0.2) is 63.8 Å². The molecule has 0 spiro atoms. The van der Waals surface area contributed by atoms with Gasteiger partial charge in [0, 0.05) is 25.2 Å². The predicted molar refractivity (Wildman–Crippen MR) is 111 cm³/mol. The van der Waals surface area contributed by atoms with E-state index in [1.807, 2.05) is 55.8 Å². The monoisotopic (exact) mass is 422 g/mol. The highest BCUT2D eigenvalue weighted by Gasteiger charge is 2.34. The summed E-state index contributed by atoms with van der Waals surface area (Å²) in [5.41, 5.74) is 0.966. The van der Waals surface area contributed by atoms with E-state index in [9.17, 15) is 13.2 Å². The highest BCUT2D eigenvalue weighted by molar-refractivity contribution is 7.99. The fourth-order valence-corrected chi connectivity index (χ4v) is 5.89. The zero-order valence-corrected chi connectivity index (χ0v) is 18.0. The van der Waals surface area contributed by atoms with Gasteiger partial charge in [0.15, 0.2) is 20.8 Å². The summed E-state index contributed by atoms with van der Waals surface area (Å²) in [5, 5.41) is 9.12. The highest BCUT2D eigenvalue weighted by atomic mass is 32.2. The fourth-order valence-electron chi connectivity index (χ4n) is 3.36. The molecule has 0 radical (unpaired) electrons. The Hall–Kier alpha value is -1.87. The third kappa shape index (κ3) is 4.94. The molecule has 1 aliphatic heterocycles. The second-order valence-corrected chi connectivity index (χ2v) is 10.7. The first kappa shape index (κ1) is 20.9. The van der Waals surface area contributed by atoms with Crippen LogP contribution in [0, 0.1) is 5.92 Å². The van der Waals surface area contributed by atoms with Crippen LogP contribution in [0.15, 0.2) is 35.5 Å². The van der Waals surface area contributed by atoms with E-state index in [0.717, 1.165) is 11.4 Å². The van der Waals surface area contributed by atoms with Gasteiger partial charge in [0.25, 0.3) is 0 Å². The molecule has 2 aromatic rings. The Balaban J connectivity index is 1.69. The summed E-state index contributed by atoms with van der Waals surface area (Å²) in [6, 6.07) is 9.54. The molecule has 0 aliphatic carbocycles. The van der Waals surface area contributed by atoms with Crippen LogP contribution < -0.4 is 0 Å². The van der Waals surface area contributed by atoms with Gasteiger partial charge in [-0.3, -0.25) is 4.79 Å². The highest BCUT2D eigenvalue weighted by Crippen LogP contribution is 2.24. The molecule has 1 amide bonds. The van der Waals surface area contributed by atoms with E-state index in [1.165, 1.54) is 11.8 Å². The van der Waals surface area contributed by atoms with Gasteiger partial charge >= 0.3 is 0 Å². The second-order valence-electron chi connectivity index (χ2n) is 7.52. The zero-order chi connectivity index (χ0) is 20.3. The molecule has 1 atom stereocenters. The molecule has 1 saturated heterocycles. The van der Waals surface area contributed by atoms with Crippen molar-refractivity contribution in [1.82, 2.24) is 19.7 Å². The van der Waals surface area contributed by atoms with Crippen LogP contribution >= 0.6 is 11.8 Å². The zero-order valence-electron chi connectivity index (χ0n) is 16.4. The summed E-state index contributed by atoms with van der Waals surface area (Å²) in [6.07, 6.45) is 0.521. The molecule has 9 heteroatoms. The first-order valence-electron chi connectivity index (χ1n) is 9.34. The Kier molecular flexibility index (Phi) is 6.44. The van der Waals surface area contributed by atoms with Crippen LogP contribution in [0.1, 0.15) is 20.3 Å². The van der Waals surface area contributed by atoms with E-state index >= 15 is 0 Å². The second kappa shape index (κ2) is 8.65. The maximum absolute atomic E-state index is 12.9. The van der Waals surface area contributed by atoms with Gasteiger partial charge in [-0.2, -0.15) is 0 Å². The van der Waals surface area contributed by atoms with Crippen LogP contribution in [0.2, 0.25) is 0 Å². The quantitative estimate of drug-likeness (QED) is 0.636. The lowest BCUT2D eigenvalue weighted by atomic mass is 10.1. The van der Waals surface area contributed by atoms with Gasteiger partial charge in [0.2, 0.25) is 5.91 Å². The lowest BCUT2D eigenvalue weighted by molar-refractivity contribution is -0.130. The van der Waals surface area contributed by atoms with Crippen LogP contribution in [0.3, 0.4) is 0 Å². The average Bonchev–Trinajstić information content (AvgIpc) is 3.20. The van der Waals surface area contributed by atoms with E-state index in [1.54, 1.807) is 4.90 Å². The number of aromatic nitrogens is 3. The van der Waals surface area contributed by atoms with Crippen molar-refractivity contribution in [2.45, 2.75) is 31.5 Å². The molecular formula is C19H26N4O3S2. The number of rotatable bonds is 7. The van der Waals surface area contributed by atoms with Crippen molar-refractivity contribution in [2.24, 2.45) is 13.0 Å². The molecule has 1 fully saturated rings. The molecular weight excluding hydrogens is 396 g/mol. The number of sulfone groups is 1. The van der Waals surface area contributed by atoms with Gasteiger partial charge in [-0.05, 0) is 12.3 Å².